The number of nitrogens with one attached hydrogen (secondary N) is 2. The van der Waals surface area contributed by atoms with E-state index in [0.717, 1.165) is 11.1 Å². The molecule has 3 rings (SSSR count). The van der Waals surface area contributed by atoms with Crippen molar-refractivity contribution in [3.05, 3.63) is 95.8 Å². The third kappa shape index (κ3) is 6.46. The molecular weight excluding hydrogens is 371 g/mol. The van der Waals surface area contributed by atoms with Gasteiger partial charge in [-0.2, -0.15) is 0 Å². The molecule has 29 heavy (non-hydrogen) atoms. The summed E-state index contributed by atoms with van der Waals surface area (Å²) in [5, 5.41) is 5.08. The highest BCUT2D eigenvalue weighted by atomic mass is 19.1. The van der Waals surface area contributed by atoms with Gasteiger partial charge in [-0.1, -0.05) is 48.5 Å². The summed E-state index contributed by atoms with van der Waals surface area (Å²) in [6, 6.07) is 22.9. The van der Waals surface area contributed by atoms with Crippen molar-refractivity contribution in [2.75, 3.05) is 18.5 Å². The molecule has 0 unspecified atom stereocenters. The molecular formula is C23H21FN2O3. The zero-order chi connectivity index (χ0) is 20.5. The summed E-state index contributed by atoms with van der Waals surface area (Å²) >= 11 is 0. The number of carbonyl (C=O) groups is 2. The number of hydrogen-bond acceptors (Lipinski definition) is 3. The molecule has 0 aliphatic heterocycles. The summed E-state index contributed by atoms with van der Waals surface area (Å²) < 4.78 is 18.5. The van der Waals surface area contributed by atoms with Crippen LogP contribution in [0.3, 0.4) is 0 Å². The molecule has 0 bridgehead atoms. The van der Waals surface area contributed by atoms with Gasteiger partial charge < -0.3 is 15.4 Å². The molecule has 3 aromatic rings. The number of anilines is 1. The molecule has 0 aliphatic rings. The van der Waals surface area contributed by atoms with Crippen molar-refractivity contribution in [3.8, 4) is 5.75 Å². The highest BCUT2D eigenvalue weighted by Crippen LogP contribution is 2.21. The molecule has 0 radical (unpaired) electrons. The molecule has 148 valence electrons. The van der Waals surface area contributed by atoms with Gasteiger partial charge in [0.25, 0.3) is 5.91 Å². The van der Waals surface area contributed by atoms with Crippen LogP contribution in [0.4, 0.5) is 10.1 Å². The first-order valence-electron chi connectivity index (χ1n) is 9.17. The molecule has 0 saturated carbocycles. The lowest BCUT2D eigenvalue weighted by Gasteiger charge is -2.12. The molecule has 6 heteroatoms. The Morgan fingerprint density at radius 1 is 0.828 bits per heavy atom. The molecule has 0 saturated heterocycles. The van der Waals surface area contributed by atoms with E-state index in [1.54, 1.807) is 0 Å². The number of ether oxygens (including phenoxy) is 1. The van der Waals surface area contributed by atoms with E-state index in [-0.39, 0.29) is 19.0 Å². The maximum absolute atomic E-state index is 12.9. The van der Waals surface area contributed by atoms with Crippen molar-refractivity contribution in [2.24, 2.45) is 0 Å². The van der Waals surface area contributed by atoms with E-state index in [1.807, 2.05) is 54.6 Å². The maximum atomic E-state index is 12.9. The monoisotopic (exact) mass is 392 g/mol. The number of carbonyl (C=O) groups excluding carboxylic acids is 2. The number of halogens is 1. The molecule has 0 fully saturated rings. The van der Waals surface area contributed by atoms with Crippen LogP contribution in [-0.2, 0) is 16.0 Å². The van der Waals surface area contributed by atoms with Crippen molar-refractivity contribution < 1.29 is 18.7 Å². The van der Waals surface area contributed by atoms with Crippen molar-refractivity contribution in [3.63, 3.8) is 0 Å². The number of amides is 2. The molecule has 5 nitrogen and oxygen atoms in total. The highest BCUT2D eigenvalue weighted by Gasteiger charge is 2.09. The standard InChI is InChI=1S/C23H21FN2O3/c24-19-10-12-20(13-11-19)26-22(27)15-25-23(28)16-29-21-9-5-4-8-18(21)14-17-6-2-1-3-7-17/h1-13H,14-16H2,(H,25,28)(H,26,27). The highest BCUT2D eigenvalue weighted by molar-refractivity contribution is 5.94. The lowest BCUT2D eigenvalue weighted by Crippen LogP contribution is -2.35. The van der Waals surface area contributed by atoms with Crippen molar-refractivity contribution >= 4 is 17.5 Å². The predicted molar refractivity (Wildman–Crippen MR) is 109 cm³/mol. The Bertz CT molecular complexity index is 959. The normalized spacial score (nSPS) is 10.2. The van der Waals surface area contributed by atoms with E-state index in [1.165, 1.54) is 24.3 Å². The van der Waals surface area contributed by atoms with Gasteiger partial charge in [0.2, 0.25) is 5.91 Å². The third-order valence-corrected chi connectivity index (χ3v) is 4.14. The SMILES string of the molecule is O=C(COc1ccccc1Cc1ccccc1)NCC(=O)Nc1ccc(F)cc1. The van der Waals surface area contributed by atoms with Crippen LogP contribution in [0.2, 0.25) is 0 Å². The Hall–Kier alpha value is -3.67. The minimum Gasteiger partial charge on any atom is -0.483 e. The van der Waals surface area contributed by atoms with E-state index in [0.29, 0.717) is 17.9 Å². The van der Waals surface area contributed by atoms with E-state index in [9.17, 15) is 14.0 Å². The van der Waals surface area contributed by atoms with Gasteiger partial charge in [-0.05, 0) is 41.5 Å². The Morgan fingerprint density at radius 3 is 2.28 bits per heavy atom. The summed E-state index contributed by atoms with van der Waals surface area (Å²) in [6.07, 6.45) is 0.693. The summed E-state index contributed by atoms with van der Waals surface area (Å²) in [5.41, 5.74) is 2.57. The fourth-order valence-corrected chi connectivity index (χ4v) is 2.72. The molecule has 2 N–H and O–H groups in total. The molecule has 0 heterocycles. The van der Waals surface area contributed by atoms with E-state index in [2.05, 4.69) is 10.6 Å². The molecule has 0 spiro atoms. The van der Waals surface area contributed by atoms with Crippen molar-refractivity contribution in [1.29, 1.82) is 0 Å². The minimum absolute atomic E-state index is 0.199. The van der Waals surface area contributed by atoms with Gasteiger partial charge in [0.05, 0.1) is 6.54 Å². The van der Waals surface area contributed by atoms with Crippen molar-refractivity contribution in [2.45, 2.75) is 6.42 Å². The van der Waals surface area contributed by atoms with E-state index >= 15 is 0 Å². The average Bonchev–Trinajstić information content (AvgIpc) is 2.74. The van der Waals surface area contributed by atoms with Crippen LogP contribution in [-0.4, -0.2) is 25.0 Å². The molecule has 2 amide bonds. The molecule has 0 atom stereocenters. The number of hydrogen-bond donors (Lipinski definition) is 2. The van der Waals surface area contributed by atoms with E-state index < -0.39 is 11.8 Å². The molecule has 0 aromatic heterocycles. The summed E-state index contributed by atoms with van der Waals surface area (Å²) in [6.45, 7) is -0.402. The Balaban J connectivity index is 1.47. The van der Waals surface area contributed by atoms with Crippen LogP contribution < -0.4 is 15.4 Å². The number of para-hydroxylation sites is 1. The molecule has 0 aliphatic carbocycles. The Morgan fingerprint density at radius 2 is 1.52 bits per heavy atom. The fraction of sp³-hybridized carbons (Fsp3) is 0.130. The van der Waals surface area contributed by atoms with Crippen LogP contribution in [0.25, 0.3) is 0 Å². The van der Waals surface area contributed by atoms with E-state index in [4.69, 9.17) is 4.74 Å². The van der Waals surface area contributed by atoms with Crippen LogP contribution in [0.15, 0.2) is 78.9 Å². The zero-order valence-corrected chi connectivity index (χ0v) is 15.7. The minimum atomic E-state index is -0.409. The Labute approximate surface area is 168 Å². The van der Waals surface area contributed by atoms with Crippen LogP contribution >= 0.6 is 0 Å². The maximum Gasteiger partial charge on any atom is 0.258 e. The first-order valence-corrected chi connectivity index (χ1v) is 9.17. The largest absolute Gasteiger partial charge is 0.483 e. The van der Waals surface area contributed by atoms with Crippen LogP contribution in [0.1, 0.15) is 11.1 Å². The quantitative estimate of drug-likeness (QED) is 0.616. The smallest absolute Gasteiger partial charge is 0.258 e. The van der Waals surface area contributed by atoms with Crippen LogP contribution in [0, 0.1) is 5.82 Å². The van der Waals surface area contributed by atoms with Gasteiger partial charge in [0.1, 0.15) is 11.6 Å². The van der Waals surface area contributed by atoms with Crippen LogP contribution in [0.5, 0.6) is 5.75 Å². The molecule has 3 aromatic carbocycles. The van der Waals surface area contributed by atoms with Gasteiger partial charge in [0.15, 0.2) is 6.61 Å². The summed E-state index contributed by atoms with van der Waals surface area (Å²) in [5.74, 6) is -0.577. The second kappa shape index (κ2) is 10.0. The van der Waals surface area contributed by atoms with Crippen molar-refractivity contribution in [1.82, 2.24) is 5.32 Å². The topological polar surface area (TPSA) is 67.4 Å². The van der Waals surface area contributed by atoms with Gasteiger partial charge in [0, 0.05) is 12.1 Å². The summed E-state index contributed by atoms with van der Waals surface area (Å²) in [7, 11) is 0. The fourth-order valence-electron chi connectivity index (χ4n) is 2.72. The first-order chi connectivity index (χ1) is 14.1. The lowest BCUT2D eigenvalue weighted by molar-refractivity contribution is -0.125. The van der Waals surface area contributed by atoms with Gasteiger partial charge in [-0.15, -0.1) is 0 Å². The summed E-state index contributed by atoms with van der Waals surface area (Å²) in [4.78, 5) is 23.9. The third-order valence-electron chi connectivity index (χ3n) is 4.14. The lowest BCUT2D eigenvalue weighted by atomic mass is 10.0. The Kier molecular flexibility index (Phi) is 6.95. The average molecular weight is 392 g/mol. The second-order valence-corrected chi connectivity index (χ2v) is 6.39. The number of rotatable bonds is 8. The van der Waals surface area contributed by atoms with Gasteiger partial charge in [-0.25, -0.2) is 4.39 Å². The van der Waals surface area contributed by atoms with Gasteiger partial charge >= 0.3 is 0 Å². The first kappa shape index (κ1) is 20.1. The van der Waals surface area contributed by atoms with Gasteiger partial charge in [-0.3, -0.25) is 9.59 Å². The second-order valence-electron chi connectivity index (χ2n) is 6.39. The predicted octanol–water partition coefficient (Wildman–Crippen LogP) is 3.55. The zero-order valence-electron chi connectivity index (χ0n) is 15.7. The number of benzene rings is 3.